The van der Waals surface area contributed by atoms with Crippen LogP contribution in [0.4, 0.5) is 4.39 Å². The number of carbonyl (C=O) groups excluding carboxylic acids is 2. The largest absolute Gasteiger partial charge is 0.296 e. The van der Waals surface area contributed by atoms with E-state index in [0.717, 1.165) is 5.56 Å². The van der Waals surface area contributed by atoms with Crippen molar-refractivity contribution in [2.24, 2.45) is 5.92 Å². The van der Waals surface area contributed by atoms with E-state index in [0.29, 0.717) is 6.42 Å². The highest BCUT2D eigenvalue weighted by Crippen LogP contribution is 2.33. The molecular formula is C13H14FNO2. The number of amides is 2. The molecule has 3 nitrogen and oxygen atoms in total. The first-order valence-corrected chi connectivity index (χ1v) is 5.71. The summed E-state index contributed by atoms with van der Waals surface area (Å²) >= 11 is 0. The van der Waals surface area contributed by atoms with E-state index >= 15 is 0 Å². The third-order valence-corrected chi connectivity index (χ3v) is 3.21. The number of nitrogens with one attached hydrogen (secondary N) is 1. The number of halogens is 1. The molecule has 1 aromatic rings. The lowest BCUT2D eigenvalue weighted by molar-refractivity contribution is -0.137. The van der Waals surface area contributed by atoms with E-state index in [1.807, 2.05) is 6.92 Å². The van der Waals surface area contributed by atoms with Crippen LogP contribution >= 0.6 is 0 Å². The second kappa shape index (κ2) is 4.65. The lowest BCUT2D eigenvalue weighted by Crippen LogP contribution is -2.44. The maximum atomic E-state index is 13.2. The third kappa shape index (κ3) is 2.35. The molecule has 1 aliphatic rings. The van der Waals surface area contributed by atoms with Crippen LogP contribution in [0.25, 0.3) is 0 Å². The van der Waals surface area contributed by atoms with E-state index in [9.17, 15) is 14.0 Å². The Labute approximate surface area is 99.0 Å². The van der Waals surface area contributed by atoms with Gasteiger partial charge >= 0.3 is 0 Å². The minimum Gasteiger partial charge on any atom is -0.296 e. The highest BCUT2D eigenvalue weighted by Gasteiger charge is 2.35. The van der Waals surface area contributed by atoms with Gasteiger partial charge in [-0.25, -0.2) is 4.39 Å². The second-order valence-electron chi connectivity index (χ2n) is 4.29. The molecular weight excluding hydrogens is 221 g/mol. The number of hydrogen-bond donors (Lipinski definition) is 1. The first-order chi connectivity index (χ1) is 8.11. The summed E-state index contributed by atoms with van der Waals surface area (Å²) < 4.78 is 13.2. The lowest BCUT2D eigenvalue weighted by Gasteiger charge is -2.29. The molecule has 2 amide bonds. The van der Waals surface area contributed by atoms with E-state index in [1.165, 1.54) is 12.1 Å². The van der Waals surface area contributed by atoms with Gasteiger partial charge in [-0.3, -0.25) is 14.9 Å². The van der Waals surface area contributed by atoms with Crippen LogP contribution in [-0.2, 0) is 9.59 Å². The van der Waals surface area contributed by atoms with Gasteiger partial charge in [-0.15, -0.1) is 0 Å². The van der Waals surface area contributed by atoms with Gasteiger partial charge < -0.3 is 0 Å². The predicted molar refractivity (Wildman–Crippen MR) is 60.7 cm³/mol. The summed E-state index contributed by atoms with van der Waals surface area (Å²) in [4.78, 5) is 23.1. The standard InChI is InChI=1S/C13H14FNO2/c1-2-10-11(7-12(16)15-13(10)17)8-4-3-5-9(14)6-8/h3-6,10-11H,2,7H2,1H3,(H,15,16,17). The Hall–Kier alpha value is -1.71. The molecule has 4 heteroatoms. The first-order valence-electron chi connectivity index (χ1n) is 5.71. The van der Waals surface area contributed by atoms with Gasteiger partial charge in [0.15, 0.2) is 0 Å². The molecule has 0 aliphatic carbocycles. The molecule has 0 spiro atoms. The Bertz CT molecular complexity index is 458. The minimum absolute atomic E-state index is 0.211. The Balaban J connectivity index is 2.34. The summed E-state index contributed by atoms with van der Waals surface area (Å²) in [5, 5.41) is 2.32. The molecule has 90 valence electrons. The first kappa shape index (κ1) is 11.8. The summed E-state index contributed by atoms with van der Waals surface area (Å²) in [7, 11) is 0. The number of hydrogen-bond acceptors (Lipinski definition) is 2. The van der Waals surface area contributed by atoms with E-state index in [-0.39, 0.29) is 35.9 Å². The molecule has 1 aliphatic heterocycles. The summed E-state index contributed by atoms with van der Waals surface area (Å²) in [6, 6.07) is 6.13. The van der Waals surface area contributed by atoms with Gasteiger partial charge in [-0.05, 0) is 24.1 Å². The van der Waals surface area contributed by atoms with E-state index in [4.69, 9.17) is 0 Å². The molecule has 0 aromatic heterocycles. The monoisotopic (exact) mass is 235 g/mol. The van der Waals surface area contributed by atoms with E-state index in [1.54, 1.807) is 12.1 Å². The molecule has 1 fully saturated rings. The maximum absolute atomic E-state index is 13.2. The molecule has 2 atom stereocenters. The van der Waals surface area contributed by atoms with Gasteiger partial charge in [-0.2, -0.15) is 0 Å². The van der Waals surface area contributed by atoms with Crippen molar-refractivity contribution in [3.63, 3.8) is 0 Å². The van der Waals surface area contributed by atoms with Gasteiger partial charge in [0, 0.05) is 18.3 Å². The average Bonchev–Trinajstić information content (AvgIpc) is 2.28. The number of rotatable bonds is 2. The zero-order valence-corrected chi connectivity index (χ0v) is 9.57. The van der Waals surface area contributed by atoms with Crippen molar-refractivity contribution in [1.82, 2.24) is 5.32 Å². The highest BCUT2D eigenvalue weighted by atomic mass is 19.1. The average molecular weight is 235 g/mol. The number of piperidine rings is 1. The number of imide groups is 1. The molecule has 1 aromatic carbocycles. The van der Waals surface area contributed by atoms with Crippen LogP contribution in [-0.4, -0.2) is 11.8 Å². The Kier molecular flexibility index (Phi) is 3.22. The fourth-order valence-electron chi connectivity index (χ4n) is 2.36. The molecule has 17 heavy (non-hydrogen) atoms. The quantitative estimate of drug-likeness (QED) is 0.797. The highest BCUT2D eigenvalue weighted by molar-refractivity contribution is 5.99. The fourth-order valence-corrected chi connectivity index (χ4v) is 2.36. The zero-order valence-electron chi connectivity index (χ0n) is 9.57. The van der Waals surface area contributed by atoms with Crippen LogP contribution < -0.4 is 5.32 Å². The van der Waals surface area contributed by atoms with Gasteiger partial charge in [0.25, 0.3) is 0 Å². The van der Waals surface area contributed by atoms with E-state index in [2.05, 4.69) is 5.32 Å². The van der Waals surface area contributed by atoms with Crippen molar-refractivity contribution in [1.29, 1.82) is 0 Å². The molecule has 2 rings (SSSR count). The topological polar surface area (TPSA) is 46.2 Å². The van der Waals surface area contributed by atoms with Crippen molar-refractivity contribution in [2.75, 3.05) is 0 Å². The van der Waals surface area contributed by atoms with Gasteiger partial charge in [-0.1, -0.05) is 19.1 Å². The zero-order chi connectivity index (χ0) is 12.4. The third-order valence-electron chi connectivity index (χ3n) is 3.21. The molecule has 0 saturated carbocycles. The molecule has 1 N–H and O–H groups in total. The Morgan fingerprint density at radius 2 is 2.18 bits per heavy atom. The Morgan fingerprint density at radius 1 is 1.41 bits per heavy atom. The second-order valence-corrected chi connectivity index (χ2v) is 4.29. The van der Waals surface area contributed by atoms with Crippen LogP contribution in [0.1, 0.15) is 31.2 Å². The number of carbonyl (C=O) groups is 2. The van der Waals surface area contributed by atoms with Crippen LogP contribution in [0.5, 0.6) is 0 Å². The van der Waals surface area contributed by atoms with Crippen LogP contribution in [0, 0.1) is 11.7 Å². The molecule has 2 unspecified atom stereocenters. The fraction of sp³-hybridized carbons (Fsp3) is 0.385. The van der Waals surface area contributed by atoms with Crippen molar-refractivity contribution < 1.29 is 14.0 Å². The summed E-state index contributed by atoms with van der Waals surface area (Å²) in [5.74, 6) is -1.34. The SMILES string of the molecule is CCC1C(=O)NC(=O)CC1c1cccc(F)c1. The van der Waals surface area contributed by atoms with Crippen LogP contribution in [0.15, 0.2) is 24.3 Å². The molecule has 0 bridgehead atoms. The normalized spacial score (nSPS) is 24.6. The van der Waals surface area contributed by atoms with Crippen molar-refractivity contribution in [3.8, 4) is 0 Å². The van der Waals surface area contributed by atoms with Gasteiger partial charge in [0.2, 0.25) is 11.8 Å². The molecule has 1 heterocycles. The van der Waals surface area contributed by atoms with Gasteiger partial charge in [0.1, 0.15) is 5.82 Å². The van der Waals surface area contributed by atoms with Crippen molar-refractivity contribution >= 4 is 11.8 Å². The predicted octanol–water partition coefficient (Wildman–Crippen LogP) is 1.98. The Morgan fingerprint density at radius 3 is 2.82 bits per heavy atom. The molecule has 1 saturated heterocycles. The summed E-state index contributed by atoms with van der Waals surface area (Å²) in [5.41, 5.74) is 0.722. The van der Waals surface area contributed by atoms with Crippen molar-refractivity contribution in [2.45, 2.75) is 25.7 Å². The smallest absolute Gasteiger partial charge is 0.230 e. The molecule has 0 radical (unpaired) electrons. The summed E-state index contributed by atoms with van der Waals surface area (Å²) in [6.07, 6.45) is 0.883. The van der Waals surface area contributed by atoms with Gasteiger partial charge in [0.05, 0.1) is 0 Å². The number of benzene rings is 1. The van der Waals surface area contributed by atoms with Crippen LogP contribution in [0.2, 0.25) is 0 Å². The summed E-state index contributed by atoms with van der Waals surface area (Å²) in [6.45, 7) is 1.90. The van der Waals surface area contributed by atoms with E-state index < -0.39 is 0 Å². The van der Waals surface area contributed by atoms with Crippen LogP contribution in [0.3, 0.4) is 0 Å². The lowest BCUT2D eigenvalue weighted by atomic mass is 9.79. The maximum Gasteiger partial charge on any atom is 0.230 e. The van der Waals surface area contributed by atoms with Crippen molar-refractivity contribution in [3.05, 3.63) is 35.6 Å². The minimum atomic E-state index is -0.337.